The second-order valence-electron chi connectivity index (χ2n) is 7.40. The Hall–Kier alpha value is -1.33. The molecule has 2 saturated heterocycles. The number of furan rings is 1. The number of fused-ring (bicyclic) bond motifs is 1. The molecule has 1 aliphatic carbocycles. The first-order valence-electron chi connectivity index (χ1n) is 8.89. The van der Waals surface area contributed by atoms with Crippen molar-refractivity contribution < 1.29 is 13.9 Å². The van der Waals surface area contributed by atoms with Gasteiger partial charge in [-0.2, -0.15) is 0 Å². The van der Waals surface area contributed by atoms with Gasteiger partial charge in [-0.05, 0) is 43.7 Å². The molecule has 0 radical (unpaired) electrons. The van der Waals surface area contributed by atoms with Gasteiger partial charge in [-0.3, -0.25) is 9.69 Å². The Balaban J connectivity index is 1.25. The molecular weight excluding hydrogens is 292 g/mol. The molecule has 126 valence electrons. The highest BCUT2D eigenvalue weighted by Gasteiger charge is 2.41. The van der Waals surface area contributed by atoms with Gasteiger partial charge in [-0.1, -0.05) is 0 Å². The van der Waals surface area contributed by atoms with Crippen molar-refractivity contribution in [1.82, 2.24) is 10.2 Å². The monoisotopic (exact) mass is 318 g/mol. The van der Waals surface area contributed by atoms with E-state index < -0.39 is 0 Å². The molecule has 5 heteroatoms. The second-order valence-corrected chi connectivity index (χ2v) is 7.40. The lowest BCUT2D eigenvalue weighted by atomic mass is 9.83. The Labute approximate surface area is 137 Å². The maximum Gasteiger partial charge on any atom is 0.222 e. The zero-order valence-corrected chi connectivity index (χ0v) is 13.6. The van der Waals surface area contributed by atoms with E-state index in [1.807, 2.05) is 12.3 Å². The lowest BCUT2D eigenvalue weighted by Gasteiger charge is -2.35. The quantitative estimate of drug-likeness (QED) is 0.872. The van der Waals surface area contributed by atoms with Crippen LogP contribution in [0.15, 0.2) is 23.0 Å². The van der Waals surface area contributed by atoms with Crippen molar-refractivity contribution in [3.63, 3.8) is 0 Å². The fourth-order valence-electron chi connectivity index (χ4n) is 3.99. The summed E-state index contributed by atoms with van der Waals surface area (Å²) in [4.78, 5) is 14.5. The van der Waals surface area contributed by atoms with E-state index in [0.29, 0.717) is 18.3 Å². The Morgan fingerprint density at radius 2 is 2.26 bits per heavy atom. The molecule has 1 amide bonds. The summed E-state index contributed by atoms with van der Waals surface area (Å²) in [7, 11) is 0. The number of amides is 1. The van der Waals surface area contributed by atoms with Crippen molar-refractivity contribution in [3.8, 4) is 0 Å². The minimum Gasteiger partial charge on any atom is -0.472 e. The Kier molecular flexibility index (Phi) is 4.40. The van der Waals surface area contributed by atoms with Crippen LogP contribution in [0.4, 0.5) is 0 Å². The fraction of sp³-hybridized carbons (Fsp3) is 0.722. The van der Waals surface area contributed by atoms with Gasteiger partial charge in [0.2, 0.25) is 5.91 Å². The topological polar surface area (TPSA) is 54.7 Å². The van der Waals surface area contributed by atoms with Crippen LogP contribution in [-0.4, -0.2) is 43.2 Å². The molecule has 3 atom stereocenters. The molecule has 3 heterocycles. The number of likely N-dealkylation sites (tertiary alicyclic amines) is 1. The van der Waals surface area contributed by atoms with Crippen LogP contribution in [0.5, 0.6) is 0 Å². The van der Waals surface area contributed by atoms with E-state index in [0.717, 1.165) is 45.1 Å². The normalized spacial score (nSPS) is 31.0. The smallest absolute Gasteiger partial charge is 0.222 e. The van der Waals surface area contributed by atoms with Crippen LogP contribution in [0.25, 0.3) is 0 Å². The van der Waals surface area contributed by atoms with Gasteiger partial charge in [-0.25, -0.2) is 0 Å². The van der Waals surface area contributed by atoms with Gasteiger partial charge in [-0.15, -0.1) is 0 Å². The molecule has 0 bridgehead atoms. The lowest BCUT2D eigenvalue weighted by molar-refractivity contribution is -0.123. The van der Waals surface area contributed by atoms with Crippen molar-refractivity contribution in [2.24, 2.45) is 17.8 Å². The number of piperidine rings is 1. The number of carbonyl (C=O) groups excluding carboxylic acids is 1. The average Bonchev–Trinajstić information content (AvgIpc) is 3.10. The van der Waals surface area contributed by atoms with Crippen LogP contribution in [0.2, 0.25) is 0 Å². The Morgan fingerprint density at radius 1 is 1.35 bits per heavy atom. The predicted molar refractivity (Wildman–Crippen MR) is 85.7 cm³/mol. The van der Waals surface area contributed by atoms with Crippen molar-refractivity contribution in [2.75, 3.05) is 26.2 Å². The van der Waals surface area contributed by atoms with E-state index in [-0.39, 0.29) is 12.0 Å². The third kappa shape index (κ3) is 3.78. The highest BCUT2D eigenvalue weighted by Crippen LogP contribution is 2.36. The third-order valence-electron chi connectivity index (χ3n) is 5.54. The summed E-state index contributed by atoms with van der Waals surface area (Å²) in [6.45, 7) is 4.75. The lowest BCUT2D eigenvalue weighted by Crippen LogP contribution is -2.42. The molecule has 0 spiro atoms. The molecule has 3 fully saturated rings. The van der Waals surface area contributed by atoms with Gasteiger partial charge in [0, 0.05) is 31.1 Å². The molecule has 0 aromatic carbocycles. The van der Waals surface area contributed by atoms with Gasteiger partial charge in [0.1, 0.15) is 0 Å². The first-order valence-corrected chi connectivity index (χ1v) is 8.89. The largest absolute Gasteiger partial charge is 0.472 e. The van der Waals surface area contributed by atoms with Gasteiger partial charge in [0.05, 0.1) is 31.7 Å². The molecule has 1 aromatic heterocycles. The highest BCUT2D eigenvalue weighted by molar-refractivity contribution is 5.76. The summed E-state index contributed by atoms with van der Waals surface area (Å²) in [5, 5.41) is 3.07. The van der Waals surface area contributed by atoms with Gasteiger partial charge in [0.25, 0.3) is 0 Å². The highest BCUT2D eigenvalue weighted by atomic mass is 16.5. The van der Waals surface area contributed by atoms with Gasteiger partial charge >= 0.3 is 0 Å². The number of carbonyl (C=O) groups is 1. The summed E-state index contributed by atoms with van der Waals surface area (Å²) >= 11 is 0. The molecule has 4 rings (SSSR count). The van der Waals surface area contributed by atoms with Gasteiger partial charge < -0.3 is 14.5 Å². The predicted octanol–water partition coefficient (Wildman–Crippen LogP) is 2.03. The fourth-order valence-corrected chi connectivity index (χ4v) is 3.99. The molecule has 5 nitrogen and oxygen atoms in total. The molecular formula is C18H26N2O3. The van der Waals surface area contributed by atoms with Crippen molar-refractivity contribution in [1.29, 1.82) is 0 Å². The zero-order chi connectivity index (χ0) is 15.6. The molecule has 1 aromatic rings. The van der Waals surface area contributed by atoms with E-state index in [9.17, 15) is 4.79 Å². The van der Waals surface area contributed by atoms with E-state index in [2.05, 4.69) is 10.2 Å². The molecule has 2 aliphatic heterocycles. The number of nitrogens with zero attached hydrogens (tertiary/aromatic N) is 1. The summed E-state index contributed by atoms with van der Waals surface area (Å²) in [5.74, 6) is 2.02. The zero-order valence-electron chi connectivity index (χ0n) is 13.6. The first-order chi connectivity index (χ1) is 11.3. The molecule has 3 aliphatic rings. The first kappa shape index (κ1) is 15.2. The van der Waals surface area contributed by atoms with E-state index in [1.165, 1.54) is 18.4 Å². The summed E-state index contributed by atoms with van der Waals surface area (Å²) in [5.41, 5.74) is 1.23. The van der Waals surface area contributed by atoms with Crippen LogP contribution in [0.3, 0.4) is 0 Å². The number of nitrogens with one attached hydrogen (secondary N) is 1. The van der Waals surface area contributed by atoms with Crippen LogP contribution in [-0.2, 0) is 16.1 Å². The molecule has 0 unspecified atom stereocenters. The van der Waals surface area contributed by atoms with E-state index in [4.69, 9.17) is 9.15 Å². The Morgan fingerprint density at radius 3 is 3.04 bits per heavy atom. The van der Waals surface area contributed by atoms with E-state index in [1.54, 1.807) is 6.26 Å². The maximum atomic E-state index is 12.1. The number of ether oxygens (including phenoxy) is 1. The Bertz CT molecular complexity index is 526. The number of rotatable bonds is 6. The number of hydrogen-bond donors (Lipinski definition) is 1. The summed E-state index contributed by atoms with van der Waals surface area (Å²) < 4.78 is 11.1. The molecule has 23 heavy (non-hydrogen) atoms. The minimum atomic E-state index is 0.121. The van der Waals surface area contributed by atoms with Crippen molar-refractivity contribution in [3.05, 3.63) is 24.2 Å². The van der Waals surface area contributed by atoms with Crippen LogP contribution < -0.4 is 5.32 Å². The van der Waals surface area contributed by atoms with Crippen molar-refractivity contribution >= 4 is 5.91 Å². The standard InChI is InChI=1S/C18H26N2O3/c21-18(19-8-13-1-2-13)7-17-16-3-5-20(10-15(16)12-23-17)9-14-4-6-22-11-14/h4,6,11,13,15-17H,1-3,5,7-10,12H2,(H,19,21)/t15-,16-,17-/m1/s1. The van der Waals surface area contributed by atoms with Gasteiger partial charge in [0.15, 0.2) is 0 Å². The molecule has 1 N–H and O–H groups in total. The SMILES string of the molecule is O=C(C[C@H]1OC[C@H]2CN(Cc3ccoc3)CC[C@H]21)NCC1CC1. The summed E-state index contributed by atoms with van der Waals surface area (Å²) in [6.07, 6.45) is 7.89. The molecule has 1 saturated carbocycles. The second kappa shape index (κ2) is 6.65. The van der Waals surface area contributed by atoms with Crippen LogP contribution in [0, 0.1) is 17.8 Å². The number of hydrogen-bond acceptors (Lipinski definition) is 4. The van der Waals surface area contributed by atoms with Crippen LogP contribution >= 0.6 is 0 Å². The van der Waals surface area contributed by atoms with Crippen molar-refractivity contribution in [2.45, 2.75) is 38.3 Å². The third-order valence-corrected chi connectivity index (χ3v) is 5.54. The maximum absolute atomic E-state index is 12.1. The van der Waals surface area contributed by atoms with Crippen LogP contribution in [0.1, 0.15) is 31.2 Å². The van der Waals surface area contributed by atoms with E-state index >= 15 is 0 Å². The minimum absolute atomic E-state index is 0.121. The summed E-state index contributed by atoms with van der Waals surface area (Å²) in [6, 6.07) is 2.03. The average molecular weight is 318 g/mol.